The van der Waals surface area contributed by atoms with Crippen molar-refractivity contribution in [3.8, 4) is 0 Å². The van der Waals surface area contributed by atoms with Crippen LogP contribution in [0.15, 0.2) is 0 Å². The van der Waals surface area contributed by atoms with Crippen LogP contribution in [0.25, 0.3) is 0 Å². The van der Waals surface area contributed by atoms with Crippen molar-refractivity contribution >= 4 is 17.9 Å². The lowest BCUT2D eigenvalue weighted by Gasteiger charge is -2.06. The molecule has 0 aromatic carbocycles. The van der Waals surface area contributed by atoms with Crippen LogP contribution in [0.1, 0.15) is 6.92 Å². The Hall–Kier alpha value is -0.0800. The van der Waals surface area contributed by atoms with Crippen LogP contribution in [0, 0.1) is 5.92 Å². The average Bonchev–Trinajstić information content (AvgIpc) is 1.84. The largest absolute Gasteiger partial charge is 0.391 e. The fourth-order valence-electron chi connectivity index (χ4n) is 0.212. The predicted molar refractivity (Wildman–Crippen MR) is 31.6 cm³/mol. The van der Waals surface area contributed by atoms with Gasteiger partial charge in [0.2, 0.25) is 6.29 Å². The second-order valence-electron chi connectivity index (χ2n) is 1.63. The van der Waals surface area contributed by atoms with Crippen LogP contribution in [0.2, 0.25) is 0 Å². The standard InChI is InChI=1S/C5H8ClO2/c1-4(3-7)5(8)2-6/h4-5,8H,2H2,1H3/t4-,5+/m1/s1. The molecule has 0 aliphatic heterocycles. The molecular formula is C5H8ClO2. The molecule has 0 heterocycles. The van der Waals surface area contributed by atoms with E-state index in [0.717, 1.165) is 0 Å². The van der Waals surface area contributed by atoms with Gasteiger partial charge in [-0.15, -0.1) is 11.6 Å². The maximum atomic E-state index is 9.76. The zero-order chi connectivity index (χ0) is 6.57. The summed E-state index contributed by atoms with van der Waals surface area (Å²) in [6, 6.07) is 0. The van der Waals surface area contributed by atoms with Crippen LogP contribution in [0.4, 0.5) is 0 Å². The first kappa shape index (κ1) is 7.92. The SMILES string of the molecule is C[C@H]([C]=O)[C@@H](O)CCl. The molecule has 8 heavy (non-hydrogen) atoms. The molecule has 0 amide bonds. The number of hydrogen-bond donors (Lipinski definition) is 1. The lowest BCUT2D eigenvalue weighted by molar-refractivity contribution is 0.166. The molecule has 2 nitrogen and oxygen atoms in total. The minimum atomic E-state index is -0.742. The van der Waals surface area contributed by atoms with Gasteiger partial charge in [0.15, 0.2) is 0 Å². The van der Waals surface area contributed by atoms with Crippen molar-refractivity contribution in [2.45, 2.75) is 13.0 Å². The van der Waals surface area contributed by atoms with E-state index in [1.54, 1.807) is 13.2 Å². The molecule has 0 spiro atoms. The molecule has 0 aliphatic carbocycles. The normalized spacial score (nSPS) is 17.4. The number of halogens is 1. The number of alkyl halides is 1. The molecule has 0 rings (SSSR count). The van der Waals surface area contributed by atoms with E-state index in [4.69, 9.17) is 16.7 Å². The molecule has 0 aliphatic rings. The summed E-state index contributed by atoms with van der Waals surface area (Å²) in [4.78, 5) is 9.76. The Bertz CT molecular complexity index is 74.8. The van der Waals surface area contributed by atoms with E-state index in [1.807, 2.05) is 0 Å². The molecule has 1 N–H and O–H groups in total. The van der Waals surface area contributed by atoms with Crippen molar-refractivity contribution in [3.63, 3.8) is 0 Å². The lowest BCUT2D eigenvalue weighted by atomic mass is 10.1. The summed E-state index contributed by atoms with van der Waals surface area (Å²) in [7, 11) is 0. The number of hydrogen-bond acceptors (Lipinski definition) is 2. The third-order valence-electron chi connectivity index (χ3n) is 0.921. The molecule has 0 bridgehead atoms. The summed E-state index contributed by atoms with van der Waals surface area (Å²) >= 11 is 5.20. The van der Waals surface area contributed by atoms with Gasteiger partial charge in [0.1, 0.15) is 0 Å². The molecule has 3 heteroatoms. The molecule has 0 aromatic heterocycles. The second-order valence-corrected chi connectivity index (χ2v) is 1.94. The molecular weight excluding hydrogens is 128 g/mol. The van der Waals surface area contributed by atoms with Crippen molar-refractivity contribution in [2.24, 2.45) is 5.92 Å². The van der Waals surface area contributed by atoms with Crippen LogP contribution in [0.5, 0.6) is 0 Å². The molecule has 0 unspecified atom stereocenters. The van der Waals surface area contributed by atoms with Crippen LogP contribution in [-0.4, -0.2) is 23.4 Å². The van der Waals surface area contributed by atoms with Gasteiger partial charge >= 0.3 is 0 Å². The summed E-state index contributed by atoms with van der Waals surface area (Å²) in [5, 5.41) is 8.73. The van der Waals surface area contributed by atoms with E-state index < -0.39 is 12.0 Å². The van der Waals surface area contributed by atoms with Gasteiger partial charge in [-0.3, -0.25) is 4.79 Å². The Balaban J connectivity index is 3.44. The van der Waals surface area contributed by atoms with Gasteiger partial charge in [-0.25, -0.2) is 0 Å². The number of rotatable bonds is 3. The van der Waals surface area contributed by atoms with Crippen LogP contribution >= 0.6 is 11.6 Å². The quantitative estimate of drug-likeness (QED) is 0.567. The molecule has 47 valence electrons. The molecule has 0 aromatic rings. The minimum Gasteiger partial charge on any atom is -0.391 e. The highest BCUT2D eigenvalue weighted by molar-refractivity contribution is 6.18. The first-order chi connectivity index (χ1) is 3.72. The van der Waals surface area contributed by atoms with Crippen molar-refractivity contribution in [1.82, 2.24) is 0 Å². The number of aliphatic hydroxyl groups is 1. The van der Waals surface area contributed by atoms with E-state index in [-0.39, 0.29) is 5.88 Å². The summed E-state index contributed by atoms with van der Waals surface area (Å²) in [6.07, 6.45) is 0.890. The highest BCUT2D eigenvalue weighted by Gasteiger charge is 2.11. The van der Waals surface area contributed by atoms with E-state index >= 15 is 0 Å². The fourth-order valence-corrected chi connectivity index (χ4v) is 0.479. The zero-order valence-electron chi connectivity index (χ0n) is 4.60. The lowest BCUT2D eigenvalue weighted by Crippen LogP contribution is -2.19. The summed E-state index contributed by atoms with van der Waals surface area (Å²) in [5.41, 5.74) is 0. The number of carbonyl (C=O) groups excluding carboxylic acids is 1. The maximum Gasteiger partial charge on any atom is 0.204 e. The van der Waals surface area contributed by atoms with Gasteiger partial charge < -0.3 is 5.11 Å². The second kappa shape index (κ2) is 3.87. The Morgan fingerprint density at radius 1 is 1.88 bits per heavy atom. The molecule has 0 fully saturated rings. The molecule has 0 saturated heterocycles. The Morgan fingerprint density at radius 2 is 2.38 bits per heavy atom. The molecule has 1 radical (unpaired) electrons. The first-order valence-corrected chi connectivity index (χ1v) is 2.87. The third kappa shape index (κ3) is 2.28. The third-order valence-corrected chi connectivity index (χ3v) is 1.24. The Kier molecular flexibility index (Phi) is 3.83. The highest BCUT2D eigenvalue weighted by Crippen LogP contribution is 1.99. The minimum absolute atomic E-state index is 0.0937. The summed E-state index contributed by atoms with van der Waals surface area (Å²) in [6.45, 7) is 1.57. The van der Waals surface area contributed by atoms with E-state index in [9.17, 15) is 4.79 Å². The monoisotopic (exact) mass is 135 g/mol. The van der Waals surface area contributed by atoms with Gasteiger partial charge in [-0.1, -0.05) is 6.92 Å². The van der Waals surface area contributed by atoms with Crippen LogP contribution in [0.3, 0.4) is 0 Å². The zero-order valence-corrected chi connectivity index (χ0v) is 5.35. The fraction of sp³-hybridized carbons (Fsp3) is 0.800. The molecule has 0 saturated carbocycles. The summed E-state index contributed by atoms with van der Waals surface area (Å²) in [5.74, 6) is -0.372. The van der Waals surface area contributed by atoms with Crippen LogP contribution < -0.4 is 0 Å². The topological polar surface area (TPSA) is 37.3 Å². The maximum absolute atomic E-state index is 9.76. The van der Waals surface area contributed by atoms with Crippen molar-refractivity contribution in [2.75, 3.05) is 5.88 Å². The van der Waals surface area contributed by atoms with Crippen molar-refractivity contribution in [1.29, 1.82) is 0 Å². The molecule has 2 atom stereocenters. The van der Waals surface area contributed by atoms with E-state index in [0.29, 0.717) is 0 Å². The Labute approximate surface area is 53.5 Å². The number of aliphatic hydroxyl groups excluding tert-OH is 1. The first-order valence-electron chi connectivity index (χ1n) is 2.34. The van der Waals surface area contributed by atoms with E-state index in [2.05, 4.69) is 0 Å². The van der Waals surface area contributed by atoms with Gasteiger partial charge in [0.05, 0.1) is 6.10 Å². The smallest absolute Gasteiger partial charge is 0.204 e. The Morgan fingerprint density at radius 3 is 2.50 bits per heavy atom. The average molecular weight is 136 g/mol. The van der Waals surface area contributed by atoms with Crippen molar-refractivity contribution in [3.05, 3.63) is 0 Å². The van der Waals surface area contributed by atoms with Crippen LogP contribution in [-0.2, 0) is 4.79 Å². The van der Waals surface area contributed by atoms with Gasteiger partial charge in [0, 0.05) is 11.8 Å². The van der Waals surface area contributed by atoms with Gasteiger partial charge in [0.25, 0.3) is 0 Å². The highest BCUT2D eigenvalue weighted by atomic mass is 35.5. The van der Waals surface area contributed by atoms with Gasteiger partial charge in [-0.05, 0) is 0 Å². The summed E-state index contributed by atoms with van der Waals surface area (Å²) < 4.78 is 0. The van der Waals surface area contributed by atoms with Crippen molar-refractivity contribution < 1.29 is 9.90 Å². The van der Waals surface area contributed by atoms with Gasteiger partial charge in [-0.2, -0.15) is 0 Å². The predicted octanol–water partition coefficient (Wildman–Crippen LogP) is 0.332. The van der Waals surface area contributed by atoms with E-state index in [1.165, 1.54) is 0 Å².